The van der Waals surface area contributed by atoms with Gasteiger partial charge in [0.05, 0.1) is 0 Å². The topological polar surface area (TPSA) is 46.2 Å². The first kappa shape index (κ1) is 17.5. The summed E-state index contributed by atoms with van der Waals surface area (Å²) in [5.41, 5.74) is 0. The predicted octanol–water partition coefficient (Wildman–Crippen LogP) is 2.89. The van der Waals surface area contributed by atoms with Gasteiger partial charge in [-0.1, -0.05) is 12.8 Å². The fourth-order valence-corrected chi connectivity index (χ4v) is 2.48. The summed E-state index contributed by atoms with van der Waals surface area (Å²) in [6.07, 6.45) is -7.09. The van der Waals surface area contributed by atoms with Gasteiger partial charge < -0.3 is 0 Å². The Hall–Kier alpha value is -0.580. The highest BCUT2D eigenvalue weighted by molar-refractivity contribution is 7.90. The van der Waals surface area contributed by atoms with Crippen LogP contribution in [0.3, 0.4) is 0 Å². The van der Waals surface area contributed by atoms with Gasteiger partial charge in [-0.15, -0.1) is 0 Å². The number of hydrogen-bond acceptors (Lipinski definition) is 2. The van der Waals surface area contributed by atoms with Crippen molar-refractivity contribution >= 4 is 10.0 Å². The summed E-state index contributed by atoms with van der Waals surface area (Å²) in [5, 5.41) is -5.83. The number of rotatable bonds is 7. The Labute approximate surface area is 110 Å². The average Bonchev–Trinajstić information content (AvgIpc) is 2.96. The lowest BCUT2D eigenvalue weighted by atomic mass is 10.2. The van der Waals surface area contributed by atoms with Crippen LogP contribution in [0, 0.1) is 5.92 Å². The van der Waals surface area contributed by atoms with Gasteiger partial charge in [-0.2, -0.15) is 30.7 Å². The van der Waals surface area contributed by atoms with E-state index in [4.69, 9.17) is 0 Å². The second-order valence-electron chi connectivity index (χ2n) is 4.64. The summed E-state index contributed by atoms with van der Waals surface area (Å²) in [6.45, 7) is -0.509. The number of alkyl halides is 7. The van der Waals surface area contributed by atoms with Gasteiger partial charge in [-0.25, -0.2) is 13.1 Å². The molecular weight excluding hydrogens is 319 g/mol. The highest BCUT2D eigenvalue weighted by Crippen LogP contribution is 2.45. The fraction of sp³-hybridized carbons (Fsp3) is 1.00. The van der Waals surface area contributed by atoms with Gasteiger partial charge in [-0.3, -0.25) is 0 Å². The maximum absolute atomic E-state index is 13.1. The van der Waals surface area contributed by atoms with E-state index in [-0.39, 0.29) is 12.3 Å². The molecule has 1 rings (SSSR count). The molecule has 0 saturated heterocycles. The minimum Gasteiger partial charge on any atom is -0.210 e. The summed E-state index contributed by atoms with van der Waals surface area (Å²) in [5.74, 6) is -5.60. The molecule has 11 heteroatoms. The highest BCUT2D eigenvalue weighted by Gasteiger charge is 2.68. The Bertz CT molecular complexity index is 442. The van der Waals surface area contributed by atoms with E-state index in [1.165, 1.54) is 4.72 Å². The van der Waals surface area contributed by atoms with Crippen LogP contribution in [0.25, 0.3) is 0 Å². The zero-order valence-corrected chi connectivity index (χ0v) is 10.8. The molecule has 0 spiro atoms. The summed E-state index contributed by atoms with van der Waals surface area (Å²) < 4.78 is 111. The van der Waals surface area contributed by atoms with Crippen molar-refractivity contribution in [2.45, 2.75) is 43.0 Å². The molecule has 3 nitrogen and oxygen atoms in total. The zero-order valence-electron chi connectivity index (χ0n) is 9.98. The van der Waals surface area contributed by atoms with Gasteiger partial charge >= 0.3 is 17.4 Å². The third-order valence-electron chi connectivity index (χ3n) is 2.73. The number of halogens is 7. The van der Waals surface area contributed by atoms with E-state index in [1.807, 2.05) is 0 Å². The van der Waals surface area contributed by atoms with Gasteiger partial charge in [0.25, 0.3) is 10.0 Å². The van der Waals surface area contributed by atoms with E-state index in [1.54, 1.807) is 0 Å². The van der Waals surface area contributed by atoms with Crippen LogP contribution in [0.1, 0.15) is 25.7 Å². The van der Waals surface area contributed by atoms with Crippen molar-refractivity contribution in [1.29, 1.82) is 0 Å². The van der Waals surface area contributed by atoms with E-state index >= 15 is 0 Å². The van der Waals surface area contributed by atoms with Crippen LogP contribution in [0.5, 0.6) is 0 Å². The maximum atomic E-state index is 13.1. The molecule has 1 saturated carbocycles. The van der Waals surface area contributed by atoms with Crippen LogP contribution < -0.4 is 4.72 Å². The van der Waals surface area contributed by atoms with E-state index in [2.05, 4.69) is 0 Å². The molecule has 1 fully saturated rings. The molecule has 0 aliphatic heterocycles. The third-order valence-corrected chi connectivity index (χ3v) is 4.29. The SMILES string of the molecule is O=S(=O)(NCCC1CC1)C(F)(F)C(F)(F)CC(F)(F)F. The molecule has 0 aromatic rings. The second-order valence-corrected chi connectivity index (χ2v) is 6.45. The van der Waals surface area contributed by atoms with Crippen molar-refractivity contribution in [3.8, 4) is 0 Å². The summed E-state index contributed by atoms with van der Waals surface area (Å²) in [6, 6.07) is 0. The van der Waals surface area contributed by atoms with Crippen LogP contribution in [0.2, 0.25) is 0 Å². The fourth-order valence-electron chi connectivity index (χ4n) is 1.45. The van der Waals surface area contributed by atoms with Crippen LogP contribution in [-0.2, 0) is 10.0 Å². The van der Waals surface area contributed by atoms with Crippen LogP contribution in [0.15, 0.2) is 0 Å². The first-order valence-corrected chi connectivity index (χ1v) is 7.08. The van der Waals surface area contributed by atoms with E-state index in [9.17, 15) is 39.2 Å². The number of sulfonamides is 1. The molecule has 0 amide bonds. The predicted molar refractivity (Wildman–Crippen MR) is 54.8 cm³/mol. The van der Waals surface area contributed by atoms with Crippen molar-refractivity contribution in [3.63, 3.8) is 0 Å². The van der Waals surface area contributed by atoms with Crippen molar-refractivity contribution in [3.05, 3.63) is 0 Å². The molecule has 120 valence electrons. The molecule has 20 heavy (non-hydrogen) atoms. The van der Waals surface area contributed by atoms with Crippen LogP contribution >= 0.6 is 0 Å². The van der Waals surface area contributed by atoms with Crippen LogP contribution in [-0.4, -0.2) is 32.3 Å². The molecule has 1 aliphatic rings. The number of hydrogen-bond donors (Lipinski definition) is 1. The molecule has 0 atom stereocenters. The second kappa shape index (κ2) is 5.32. The van der Waals surface area contributed by atoms with Crippen LogP contribution in [0.4, 0.5) is 30.7 Å². The Morgan fingerprint density at radius 1 is 1.00 bits per heavy atom. The lowest BCUT2D eigenvalue weighted by Gasteiger charge is -2.27. The molecule has 0 heterocycles. The van der Waals surface area contributed by atoms with Gasteiger partial charge in [0, 0.05) is 6.54 Å². The van der Waals surface area contributed by atoms with Crippen molar-refractivity contribution < 1.29 is 39.2 Å². The maximum Gasteiger partial charge on any atom is 0.420 e. The minimum atomic E-state index is -5.89. The Kier molecular flexibility index (Phi) is 4.65. The molecule has 0 aromatic carbocycles. The zero-order chi connectivity index (χ0) is 15.8. The Morgan fingerprint density at radius 2 is 1.50 bits per heavy atom. The first-order chi connectivity index (χ1) is 8.79. The van der Waals surface area contributed by atoms with Gasteiger partial charge in [0.2, 0.25) is 0 Å². The Balaban J connectivity index is 2.76. The lowest BCUT2D eigenvalue weighted by Crippen LogP contribution is -2.53. The summed E-state index contributed by atoms with van der Waals surface area (Å²) in [7, 11) is -5.89. The third kappa shape index (κ3) is 4.21. The van der Waals surface area contributed by atoms with Crippen molar-refractivity contribution in [2.75, 3.05) is 6.54 Å². The van der Waals surface area contributed by atoms with Gasteiger partial charge in [0.1, 0.15) is 6.42 Å². The molecule has 0 unspecified atom stereocenters. The van der Waals surface area contributed by atoms with Crippen molar-refractivity contribution in [1.82, 2.24) is 4.72 Å². The quantitative estimate of drug-likeness (QED) is 0.729. The summed E-state index contributed by atoms with van der Waals surface area (Å²) in [4.78, 5) is 0. The summed E-state index contributed by atoms with van der Waals surface area (Å²) >= 11 is 0. The average molecular weight is 331 g/mol. The largest absolute Gasteiger partial charge is 0.420 e. The van der Waals surface area contributed by atoms with E-state index in [0.717, 1.165) is 12.8 Å². The molecular formula is C9H12F7NO2S. The van der Waals surface area contributed by atoms with Crippen molar-refractivity contribution in [2.24, 2.45) is 5.92 Å². The molecule has 1 aliphatic carbocycles. The molecule has 0 radical (unpaired) electrons. The highest BCUT2D eigenvalue weighted by atomic mass is 32.2. The normalized spacial score (nSPS) is 18.4. The number of nitrogens with one attached hydrogen (secondary N) is 1. The monoisotopic (exact) mass is 331 g/mol. The van der Waals surface area contributed by atoms with E-state index < -0.39 is 40.3 Å². The smallest absolute Gasteiger partial charge is 0.210 e. The molecule has 0 bridgehead atoms. The lowest BCUT2D eigenvalue weighted by molar-refractivity contribution is -0.235. The molecule has 1 N–H and O–H groups in total. The first-order valence-electron chi connectivity index (χ1n) is 5.60. The van der Waals surface area contributed by atoms with E-state index in [0.29, 0.717) is 0 Å². The molecule has 0 aromatic heterocycles. The Morgan fingerprint density at radius 3 is 1.90 bits per heavy atom. The van der Waals surface area contributed by atoms with Gasteiger partial charge in [0.15, 0.2) is 0 Å². The standard InChI is InChI=1S/C9H12F7NO2S/c10-7(11,5-8(12,13)14)9(15,16)20(18,19)17-4-3-6-1-2-6/h6,17H,1-5H2. The minimum absolute atomic E-state index is 0.141. The van der Waals surface area contributed by atoms with Gasteiger partial charge in [-0.05, 0) is 12.3 Å².